The number of halogens is 1. The fourth-order valence-corrected chi connectivity index (χ4v) is 3.36. The number of aromatic nitrogens is 1. The SMILES string of the molecule is O=C(NCC1=NS(=O)(=O)c2cnccc2N1)c1ccc(Br)cc1. The summed E-state index contributed by atoms with van der Waals surface area (Å²) in [5, 5.41) is 5.51. The van der Waals surface area contributed by atoms with Crippen molar-refractivity contribution in [2.24, 2.45) is 4.40 Å². The van der Waals surface area contributed by atoms with E-state index in [9.17, 15) is 13.2 Å². The van der Waals surface area contributed by atoms with Gasteiger partial charge in [0.2, 0.25) is 0 Å². The second kappa shape index (κ2) is 6.09. The molecule has 1 amide bonds. The number of amides is 1. The number of nitrogens with one attached hydrogen (secondary N) is 2. The molecule has 0 unspecified atom stereocenters. The molecule has 0 radical (unpaired) electrons. The summed E-state index contributed by atoms with van der Waals surface area (Å²) in [4.78, 5) is 15.8. The molecule has 0 aliphatic carbocycles. The van der Waals surface area contributed by atoms with Gasteiger partial charge in [0.05, 0.1) is 12.2 Å². The van der Waals surface area contributed by atoms with Crippen molar-refractivity contribution in [3.8, 4) is 0 Å². The zero-order valence-corrected chi connectivity index (χ0v) is 14.1. The summed E-state index contributed by atoms with van der Waals surface area (Å²) >= 11 is 3.29. The molecule has 0 atom stereocenters. The Morgan fingerprint density at radius 2 is 1.96 bits per heavy atom. The van der Waals surface area contributed by atoms with Crippen molar-refractivity contribution >= 4 is 43.4 Å². The van der Waals surface area contributed by atoms with Crippen LogP contribution >= 0.6 is 15.9 Å². The summed E-state index contributed by atoms with van der Waals surface area (Å²) in [5.41, 5.74) is 0.861. The third-order valence-electron chi connectivity index (χ3n) is 3.09. The Morgan fingerprint density at radius 3 is 2.70 bits per heavy atom. The van der Waals surface area contributed by atoms with Crippen molar-refractivity contribution in [1.29, 1.82) is 0 Å². The molecule has 1 aromatic carbocycles. The number of sulfonamides is 1. The van der Waals surface area contributed by atoms with Crippen LogP contribution in [0.15, 0.2) is 56.5 Å². The van der Waals surface area contributed by atoms with E-state index in [2.05, 4.69) is 35.9 Å². The van der Waals surface area contributed by atoms with E-state index in [0.717, 1.165) is 4.47 Å². The van der Waals surface area contributed by atoms with Crippen molar-refractivity contribution in [1.82, 2.24) is 10.3 Å². The predicted octanol–water partition coefficient (Wildman–Crippen LogP) is 1.79. The standard InChI is InChI=1S/C14H11BrN4O3S/c15-10-3-1-9(2-4-10)14(20)17-8-13-18-11-5-6-16-7-12(11)23(21,22)19-13/h1-7H,8H2,(H,17,20)(H,18,19). The van der Waals surface area contributed by atoms with Crippen LogP contribution in [0.3, 0.4) is 0 Å². The van der Waals surface area contributed by atoms with Crippen LogP contribution in [0.1, 0.15) is 10.4 Å². The maximum atomic E-state index is 12.1. The van der Waals surface area contributed by atoms with Crippen LogP contribution in [0.25, 0.3) is 0 Å². The highest BCUT2D eigenvalue weighted by Gasteiger charge is 2.24. The van der Waals surface area contributed by atoms with Crippen LogP contribution in [-0.2, 0) is 10.0 Å². The number of rotatable bonds is 3. The van der Waals surface area contributed by atoms with Gasteiger partial charge in [-0.25, -0.2) is 0 Å². The van der Waals surface area contributed by atoms with Crippen LogP contribution in [0, 0.1) is 0 Å². The van der Waals surface area contributed by atoms with E-state index in [1.165, 1.54) is 18.5 Å². The Bertz CT molecular complexity index is 894. The van der Waals surface area contributed by atoms with Crippen LogP contribution in [0.2, 0.25) is 0 Å². The van der Waals surface area contributed by atoms with Gasteiger partial charge < -0.3 is 10.6 Å². The molecule has 0 saturated heterocycles. The number of nitrogens with zero attached hydrogens (tertiary/aromatic N) is 2. The highest BCUT2D eigenvalue weighted by molar-refractivity contribution is 9.10. The third-order valence-corrected chi connectivity index (χ3v) is 4.97. The number of carbonyl (C=O) groups is 1. The molecule has 1 aromatic heterocycles. The van der Waals surface area contributed by atoms with E-state index in [0.29, 0.717) is 11.3 Å². The molecule has 0 fully saturated rings. The molecule has 7 nitrogen and oxygen atoms in total. The van der Waals surface area contributed by atoms with Gasteiger partial charge in [-0.05, 0) is 30.3 Å². The largest absolute Gasteiger partial charge is 0.345 e. The summed E-state index contributed by atoms with van der Waals surface area (Å²) < 4.78 is 28.6. The van der Waals surface area contributed by atoms with Gasteiger partial charge >= 0.3 is 0 Å². The molecular weight excluding hydrogens is 384 g/mol. The lowest BCUT2D eigenvalue weighted by Crippen LogP contribution is -2.35. The minimum Gasteiger partial charge on any atom is -0.345 e. The summed E-state index contributed by atoms with van der Waals surface area (Å²) in [6.45, 7) is -0.0319. The lowest BCUT2D eigenvalue weighted by molar-refractivity contribution is 0.0959. The Hall–Kier alpha value is -2.26. The molecule has 9 heteroatoms. The number of hydrogen-bond acceptors (Lipinski definition) is 5. The van der Waals surface area contributed by atoms with Crippen molar-refractivity contribution in [2.75, 3.05) is 11.9 Å². The number of benzene rings is 1. The van der Waals surface area contributed by atoms with Crippen LogP contribution in [-0.4, -0.2) is 31.7 Å². The number of pyridine rings is 1. The number of anilines is 1. The molecule has 118 valence electrons. The summed E-state index contributed by atoms with van der Waals surface area (Å²) in [5.74, 6) is -0.172. The Kier molecular flexibility index (Phi) is 4.14. The van der Waals surface area contributed by atoms with E-state index >= 15 is 0 Å². The van der Waals surface area contributed by atoms with Gasteiger partial charge in [-0.2, -0.15) is 8.42 Å². The van der Waals surface area contributed by atoms with Gasteiger partial charge in [-0.1, -0.05) is 15.9 Å². The zero-order chi connectivity index (χ0) is 16.4. The Labute approximate surface area is 141 Å². The molecule has 1 aliphatic rings. The second-order valence-electron chi connectivity index (χ2n) is 4.70. The summed E-state index contributed by atoms with van der Waals surface area (Å²) in [6.07, 6.45) is 2.71. The van der Waals surface area contributed by atoms with E-state index in [1.54, 1.807) is 24.3 Å². The smallest absolute Gasteiger partial charge is 0.287 e. The van der Waals surface area contributed by atoms with Gasteiger partial charge in [-0.3, -0.25) is 9.78 Å². The first-order valence-corrected chi connectivity index (χ1v) is 8.78. The van der Waals surface area contributed by atoms with Gasteiger partial charge in [0, 0.05) is 22.4 Å². The second-order valence-corrected chi connectivity index (χ2v) is 7.19. The number of hydrogen-bond donors (Lipinski definition) is 2. The minimum absolute atomic E-state index is 0.0167. The zero-order valence-electron chi connectivity index (χ0n) is 11.7. The lowest BCUT2D eigenvalue weighted by atomic mass is 10.2. The van der Waals surface area contributed by atoms with E-state index < -0.39 is 10.0 Å². The Morgan fingerprint density at radius 1 is 1.22 bits per heavy atom. The summed E-state index contributed by atoms with van der Waals surface area (Å²) in [7, 11) is -3.80. The molecule has 0 spiro atoms. The van der Waals surface area contributed by atoms with Crippen LogP contribution in [0.5, 0.6) is 0 Å². The topological polar surface area (TPSA) is 101 Å². The highest BCUT2D eigenvalue weighted by Crippen LogP contribution is 2.25. The Balaban J connectivity index is 1.73. The molecule has 3 rings (SSSR count). The predicted molar refractivity (Wildman–Crippen MR) is 89.0 cm³/mol. The number of amidine groups is 1. The van der Waals surface area contributed by atoms with Gasteiger partial charge in [0.25, 0.3) is 15.9 Å². The molecule has 2 aromatic rings. The monoisotopic (exact) mass is 394 g/mol. The fraction of sp³-hybridized carbons (Fsp3) is 0.0714. The maximum absolute atomic E-state index is 12.1. The lowest BCUT2D eigenvalue weighted by Gasteiger charge is -2.17. The van der Waals surface area contributed by atoms with Crippen LogP contribution in [0.4, 0.5) is 5.69 Å². The first kappa shape index (κ1) is 15.6. The fourth-order valence-electron chi connectivity index (χ4n) is 2.01. The van der Waals surface area contributed by atoms with Crippen LogP contribution < -0.4 is 10.6 Å². The molecular formula is C14H11BrN4O3S. The van der Waals surface area contributed by atoms with E-state index in [4.69, 9.17) is 0 Å². The molecule has 0 bridgehead atoms. The van der Waals surface area contributed by atoms with Crippen molar-refractivity contribution in [2.45, 2.75) is 4.90 Å². The van der Waals surface area contributed by atoms with Crippen molar-refractivity contribution in [3.63, 3.8) is 0 Å². The number of carbonyl (C=O) groups excluding carboxylic acids is 1. The first-order valence-electron chi connectivity index (χ1n) is 6.54. The average Bonchev–Trinajstić information content (AvgIpc) is 2.53. The normalized spacial score (nSPS) is 15.1. The van der Waals surface area contributed by atoms with Gasteiger partial charge in [-0.15, -0.1) is 4.40 Å². The summed E-state index contributed by atoms with van der Waals surface area (Å²) in [6, 6.07) is 8.36. The molecule has 23 heavy (non-hydrogen) atoms. The van der Waals surface area contributed by atoms with E-state index in [1.807, 2.05) is 0 Å². The average molecular weight is 395 g/mol. The van der Waals surface area contributed by atoms with Gasteiger partial charge in [0.15, 0.2) is 0 Å². The van der Waals surface area contributed by atoms with Gasteiger partial charge in [0.1, 0.15) is 10.7 Å². The molecule has 0 saturated carbocycles. The quantitative estimate of drug-likeness (QED) is 0.826. The third kappa shape index (κ3) is 3.40. The minimum atomic E-state index is -3.80. The number of fused-ring (bicyclic) bond motifs is 1. The van der Waals surface area contributed by atoms with Crippen molar-refractivity contribution in [3.05, 3.63) is 52.8 Å². The highest BCUT2D eigenvalue weighted by atomic mass is 79.9. The van der Waals surface area contributed by atoms with Crippen molar-refractivity contribution < 1.29 is 13.2 Å². The first-order chi connectivity index (χ1) is 11.0. The molecule has 2 N–H and O–H groups in total. The molecule has 1 aliphatic heterocycles. The van der Waals surface area contributed by atoms with E-state index in [-0.39, 0.29) is 23.2 Å². The molecule has 2 heterocycles. The maximum Gasteiger partial charge on any atom is 0.287 e.